The van der Waals surface area contributed by atoms with Crippen LogP contribution in [-0.2, 0) is 0 Å². The molecule has 8 nitrogen and oxygen atoms in total. The summed E-state index contributed by atoms with van der Waals surface area (Å²) < 4.78 is 0. The van der Waals surface area contributed by atoms with Gasteiger partial charge in [-0.2, -0.15) is 0 Å². The fraction of sp³-hybridized carbons (Fsp3) is 0.800. The number of benzene rings is 1. The smallest absolute Gasteiger partial charge is 0.252 e. The van der Waals surface area contributed by atoms with E-state index in [2.05, 4.69) is 73.3 Å². The molecule has 0 saturated carbocycles. The zero-order valence-electron chi connectivity index (χ0n) is 51.9. The maximum absolute atomic E-state index is 14.1. The van der Waals surface area contributed by atoms with Crippen LogP contribution in [0.3, 0.4) is 0 Å². The normalized spacial score (nSPS) is 11.5. The number of unbranched alkanes of at least 4 members (excludes halogenated alkanes) is 42. The van der Waals surface area contributed by atoms with Crippen LogP contribution in [0.15, 0.2) is 36.4 Å². The van der Waals surface area contributed by atoms with Crippen molar-refractivity contribution in [3.63, 3.8) is 0 Å². The van der Waals surface area contributed by atoms with Crippen molar-refractivity contribution in [2.45, 2.75) is 336 Å². The summed E-state index contributed by atoms with van der Waals surface area (Å²) in [5.41, 5.74) is 0.589. The predicted molar refractivity (Wildman–Crippen MR) is 338 cm³/mol. The van der Waals surface area contributed by atoms with Crippen molar-refractivity contribution >= 4 is 23.6 Å². The van der Waals surface area contributed by atoms with E-state index in [1.54, 1.807) is 0 Å². The van der Waals surface area contributed by atoms with Crippen molar-refractivity contribution in [3.05, 3.63) is 58.7 Å². The van der Waals surface area contributed by atoms with Gasteiger partial charge in [0.15, 0.2) is 0 Å². The van der Waals surface area contributed by atoms with E-state index in [0.29, 0.717) is 26.2 Å². The Bertz CT molecular complexity index is 1500. The first-order chi connectivity index (χ1) is 38.4. The first-order valence-electron chi connectivity index (χ1n) is 34.0. The molecule has 0 heterocycles. The molecule has 1 aromatic rings. The van der Waals surface area contributed by atoms with Crippen LogP contribution in [0.1, 0.15) is 377 Å². The van der Waals surface area contributed by atoms with Gasteiger partial charge >= 0.3 is 0 Å². The molecule has 0 spiro atoms. The first-order valence-corrected chi connectivity index (χ1v) is 34.0. The quantitative estimate of drug-likeness (QED) is 0.0384. The van der Waals surface area contributed by atoms with E-state index < -0.39 is 0 Å². The van der Waals surface area contributed by atoms with Gasteiger partial charge in [0.25, 0.3) is 23.6 Å². The lowest BCUT2D eigenvalue weighted by atomic mass is 9.95. The van der Waals surface area contributed by atoms with Crippen LogP contribution in [0.5, 0.6) is 0 Å². The molecule has 0 radical (unpaired) electrons. The van der Waals surface area contributed by atoms with Crippen LogP contribution in [0.4, 0.5) is 0 Å². The van der Waals surface area contributed by atoms with E-state index in [9.17, 15) is 19.2 Å². The number of hydrogen-bond donors (Lipinski definition) is 4. The Morgan fingerprint density at radius 3 is 0.577 bits per heavy atom. The molecule has 0 aromatic heterocycles. The highest BCUT2D eigenvalue weighted by Crippen LogP contribution is 2.21. The molecule has 0 atom stereocenters. The van der Waals surface area contributed by atoms with Crippen LogP contribution in [-0.4, -0.2) is 49.8 Å². The largest absolute Gasteiger partial charge is 0.352 e. The number of hydrogen-bond acceptors (Lipinski definition) is 4. The van der Waals surface area contributed by atoms with Crippen LogP contribution >= 0.6 is 0 Å². The number of carbonyl (C=O) groups excluding carboxylic acids is 4. The summed E-state index contributed by atoms with van der Waals surface area (Å²) >= 11 is 0. The third kappa shape index (κ3) is 43.4. The molecular formula is C70H126N4O4. The third-order valence-corrected chi connectivity index (χ3v) is 15.7. The Labute approximate surface area is 482 Å². The van der Waals surface area contributed by atoms with E-state index in [1.165, 1.54) is 230 Å². The monoisotopic (exact) mass is 1090 g/mol. The Kier molecular flexibility index (Phi) is 52.9. The molecular weight excluding hydrogens is 961 g/mol. The van der Waals surface area contributed by atoms with E-state index >= 15 is 0 Å². The van der Waals surface area contributed by atoms with Crippen LogP contribution in [0.2, 0.25) is 0 Å². The van der Waals surface area contributed by atoms with Crippen molar-refractivity contribution < 1.29 is 19.2 Å². The van der Waals surface area contributed by atoms with Gasteiger partial charge in [0, 0.05) is 26.2 Å². The minimum Gasteiger partial charge on any atom is -0.352 e. The lowest BCUT2D eigenvalue weighted by molar-refractivity contribution is 0.0907. The highest BCUT2D eigenvalue weighted by molar-refractivity contribution is 6.14. The fourth-order valence-corrected chi connectivity index (χ4v) is 10.5. The van der Waals surface area contributed by atoms with Gasteiger partial charge in [0.1, 0.15) is 0 Å². The lowest BCUT2D eigenvalue weighted by Crippen LogP contribution is -2.34. The first kappa shape index (κ1) is 72.6. The number of nitrogens with one attached hydrogen (secondary N) is 4. The molecule has 0 aliphatic rings. The maximum atomic E-state index is 14.1. The molecule has 0 aliphatic heterocycles. The molecule has 4 N–H and O–H groups in total. The van der Waals surface area contributed by atoms with Crippen LogP contribution in [0, 0.1) is 0 Å². The second kappa shape index (κ2) is 56.8. The average molecular weight is 1090 g/mol. The molecule has 0 unspecified atom stereocenters. The zero-order valence-corrected chi connectivity index (χ0v) is 51.9. The zero-order chi connectivity index (χ0) is 56.5. The van der Waals surface area contributed by atoms with Crippen molar-refractivity contribution in [1.82, 2.24) is 21.3 Å². The molecule has 1 rings (SSSR count). The van der Waals surface area contributed by atoms with E-state index in [4.69, 9.17) is 0 Å². The van der Waals surface area contributed by atoms with Gasteiger partial charge in [-0.3, -0.25) is 19.2 Å². The lowest BCUT2D eigenvalue weighted by Gasteiger charge is -2.17. The number of carbonyl (C=O) groups is 4. The van der Waals surface area contributed by atoms with E-state index in [1.807, 2.05) is 0 Å². The molecule has 0 fully saturated rings. The topological polar surface area (TPSA) is 116 Å². The summed E-state index contributed by atoms with van der Waals surface area (Å²) in [5.74, 6) is -1.53. The summed E-state index contributed by atoms with van der Waals surface area (Å²) in [5, 5.41) is 12.3. The fourth-order valence-electron chi connectivity index (χ4n) is 10.5. The highest BCUT2D eigenvalue weighted by Gasteiger charge is 2.26. The molecule has 0 saturated heterocycles. The molecule has 0 bridgehead atoms. The Morgan fingerprint density at radius 1 is 0.244 bits per heavy atom. The van der Waals surface area contributed by atoms with Gasteiger partial charge in [0.2, 0.25) is 0 Å². The van der Waals surface area contributed by atoms with Gasteiger partial charge < -0.3 is 21.3 Å². The number of rotatable bonds is 58. The third-order valence-electron chi connectivity index (χ3n) is 15.7. The van der Waals surface area contributed by atoms with E-state index in [0.717, 1.165) is 89.9 Å². The van der Waals surface area contributed by atoms with Gasteiger partial charge in [-0.25, -0.2) is 0 Å². The van der Waals surface area contributed by atoms with Gasteiger partial charge in [-0.05, 0) is 89.2 Å². The van der Waals surface area contributed by atoms with Crippen molar-refractivity contribution in [2.75, 3.05) is 26.2 Å². The molecule has 0 aliphatic carbocycles. The standard InChI is InChI=1S/C70H126N4O4/c1-5-9-13-17-21-25-29-31-33-35-37-39-43-47-51-55-59-73-69(77)65-61-64(68(76)72-58-54-50-46-42-28-24-20-16-12-8-4)66(62-63(65)67(75)71-57-53-49-45-41-27-23-19-15-11-7-3)70(78)74-60-56-52-48-44-40-38-36-34-32-30-26-22-18-14-10-6-2/h31-34,61-62H,5-30,35-60H2,1-4H3,(H,71,75)(H,72,76)(H,73,77)(H,74,78)/b33-31+,34-32+. The second-order valence-electron chi connectivity index (χ2n) is 23.2. The summed E-state index contributed by atoms with van der Waals surface area (Å²) in [4.78, 5) is 56.4. The summed E-state index contributed by atoms with van der Waals surface area (Å²) in [6, 6.07) is 3.03. The van der Waals surface area contributed by atoms with Crippen molar-refractivity contribution in [1.29, 1.82) is 0 Å². The Hall–Kier alpha value is -3.42. The average Bonchev–Trinajstić information content (AvgIpc) is 3.44. The maximum Gasteiger partial charge on any atom is 0.252 e. The molecule has 78 heavy (non-hydrogen) atoms. The SMILES string of the molecule is CCCCCCCC/C=C/CCCCCCCCNC(=O)c1cc(C(=O)NCCCCCCCCCCCC)c(C(=O)NCCCCCCCC/C=C/CCCCCCCC)cc1C(=O)NCCCCCCCCCCCC. The Balaban J connectivity index is 2.98. The molecule has 8 heteroatoms. The number of allylic oxidation sites excluding steroid dienone is 4. The minimum atomic E-state index is -0.383. The molecule has 1 aromatic carbocycles. The Morgan fingerprint density at radius 2 is 0.397 bits per heavy atom. The van der Waals surface area contributed by atoms with Crippen LogP contribution in [0.25, 0.3) is 0 Å². The van der Waals surface area contributed by atoms with Gasteiger partial charge in [-0.1, -0.05) is 283 Å². The minimum absolute atomic E-state index is 0.147. The van der Waals surface area contributed by atoms with E-state index in [-0.39, 0.29) is 45.9 Å². The van der Waals surface area contributed by atoms with Crippen molar-refractivity contribution in [3.8, 4) is 0 Å². The van der Waals surface area contributed by atoms with Crippen molar-refractivity contribution in [2.24, 2.45) is 0 Å². The van der Waals surface area contributed by atoms with Crippen LogP contribution < -0.4 is 21.3 Å². The number of amides is 4. The molecule has 4 amide bonds. The van der Waals surface area contributed by atoms with Gasteiger partial charge in [0.05, 0.1) is 22.3 Å². The molecule has 450 valence electrons. The predicted octanol–water partition coefficient (Wildman–Crippen LogP) is 20.5. The van der Waals surface area contributed by atoms with Gasteiger partial charge in [-0.15, -0.1) is 0 Å². The highest BCUT2D eigenvalue weighted by atomic mass is 16.2. The summed E-state index contributed by atoms with van der Waals surface area (Å²) in [6.45, 7) is 11.0. The second-order valence-corrected chi connectivity index (χ2v) is 23.2. The summed E-state index contributed by atoms with van der Waals surface area (Å²) in [7, 11) is 0. The summed E-state index contributed by atoms with van der Waals surface area (Å²) in [6.07, 6.45) is 67.5.